The highest BCUT2D eigenvalue weighted by molar-refractivity contribution is 7.15. The van der Waals surface area contributed by atoms with Crippen LogP contribution in [0.4, 0.5) is 10.5 Å². The molecule has 146 valence electrons. The number of benzene rings is 1. The topological polar surface area (TPSA) is 74.5 Å². The molecule has 0 bridgehead atoms. The van der Waals surface area contributed by atoms with Gasteiger partial charge >= 0.3 is 6.03 Å². The number of rotatable bonds is 4. The first kappa shape index (κ1) is 18.5. The minimum absolute atomic E-state index is 0.0198. The van der Waals surface area contributed by atoms with Gasteiger partial charge in [-0.3, -0.25) is 0 Å². The third-order valence-corrected chi connectivity index (χ3v) is 5.75. The van der Waals surface area contributed by atoms with Crippen molar-refractivity contribution in [2.45, 2.75) is 13.8 Å². The lowest BCUT2D eigenvalue weighted by Gasteiger charge is -2.36. The summed E-state index contributed by atoms with van der Waals surface area (Å²) in [6.07, 6.45) is 0. The minimum Gasteiger partial charge on any atom is -0.368 e. The van der Waals surface area contributed by atoms with Crippen molar-refractivity contribution >= 4 is 23.1 Å². The van der Waals surface area contributed by atoms with Crippen molar-refractivity contribution in [1.29, 1.82) is 0 Å². The molecule has 4 rings (SSSR count). The van der Waals surface area contributed by atoms with Gasteiger partial charge in [-0.1, -0.05) is 5.16 Å². The van der Waals surface area contributed by atoms with Gasteiger partial charge in [0, 0.05) is 48.9 Å². The van der Waals surface area contributed by atoms with E-state index in [1.807, 2.05) is 36.1 Å². The molecular formula is C20H23N5O2S. The molecule has 8 heteroatoms. The predicted octanol–water partition coefficient (Wildman–Crippen LogP) is 3.63. The van der Waals surface area contributed by atoms with E-state index in [-0.39, 0.29) is 6.03 Å². The third-order valence-electron chi connectivity index (χ3n) is 4.76. The van der Waals surface area contributed by atoms with Gasteiger partial charge in [-0.2, -0.15) is 4.98 Å². The van der Waals surface area contributed by atoms with Crippen LogP contribution in [-0.4, -0.2) is 53.8 Å². The van der Waals surface area contributed by atoms with Crippen molar-refractivity contribution < 1.29 is 9.32 Å². The van der Waals surface area contributed by atoms with Gasteiger partial charge in [0.15, 0.2) is 0 Å². The van der Waals surface area contributed by atoms with Gasteiger partial charge in [0.2, 0.25) is 5.82 Å². The maximum atomic E-state index is 11.9. The zero-order valence-electron chi connectivity index (χ0n) is 16.0. The molecule has 1 aromatic carbocycles. The molecule has 0 atom stereocenters. The fourth-order valence-corrected chi connectivity index (χ4v) is 4.03. The van der Waals surface area contributed by atoms with Gasteiger partial charge in [0.1, 0.15) is 0 Å². The Bertz CT molecular complexity index is 942. The lowest BCUT2D eigenvalue weighted by molar-refractivity contribution is 0.195. The Morgan fingerprint density at radius 1 is 1.14 bits per heavy atom. The number of hydrogen-bond acceptors (Lipinski definition) is 6. The number of thiophene rings is 1. The summed E-state index contributed by atoms with van der Waals surface area (Å²) in [5.41, 5.74) is 2.06. The van der Waals surface area contributed by atoms with Crippen LogP contribution < -0.4 is 10.2 Å². The number of carbonyl (C=O) groups is 1. The fraction of sp³-hybridized carbons (Fsp3) is 0.350. The smallest absolute Gasteiger partial charge is 0.317 e. The maximum absolute atomic E-state index is 11.9. The molecule has 7 nitrogen and oxygen atoms in total. The summed E-state index contributed by atoms with van der Waals surface area (Å²) in [4.78, 5) is 22.8. The van der Waals surface area contributed by atoms with Crippen LogP contribution in [0, 0.1) is 6.92 Å². The summed E-state index contributed by atoms with van der Waals surface area (Å²) in [7, 11) is 0. The Morgan fingerprint density at radius 3 is 2.54 bits per heavy atom. The second-order valence-electron chi connectivity index (χ2n) is 6.69. The maximum Gasteiger partial charge on any atom is 0.317 e. The Kier molecular flexibility index (Phi) is 5.29. The first-order valence-electron chi connectivity index (χ1n) is 9.42. The highest BCUT2D eigenvalue weighted by Crippen LogP contribution is 2.29. The number of urea groups is 1. The number of anilines is 1. The zero-order valence-corrected chi connectivity index (χ0v) is 16.8. The molecule has 1 aliphatic heterocycles. The van der Waals surface area contributed by atoms with Crippen LogP contribution in [0.15, 0.2) is 40.9 Å². The van der Waals surface area contributed by atoms with E-state index in [2.05, 4.69) is 39.4 Å². The number of aryl methyl sites for hydroxylation is 1. The van der Waals surface area contributed by atoms with Gasteiger partial charge in [-0.25, -0.2) is 4.79 Å². The van der Waals surface area contributed by atoms with Gasteiger partial charge < -0.3 is 19.6 Å². The van der Waals surface area contributed by atoms with Crippen LogP contribution in [0.2, 0.25) is 0 Å². The number of nitrogens with zero attached hydrogens (tertiary/aromatic N) is 4. The SMILES string of the molecule is CCNC(=O)N1CCN(c2ccc(-c3noc(-c4ccc(C)s4)n3)cc2)CC1. The van der Waals surface area contributed by atoms with Gasteiger partial charge in [-0.15, -0.1) is 11.3 Å². The second kappa shape index (κ2) is 8.02. The summed E-state index contributed by atoms with van der Waals surface area (Å²) >= 11 is 1.64. The van der Waals surface area contributed by atoms with Crippen LogP contribution in [-0.2, 0) is 0 Å². The average Bonchev–Trinajstić information content (AvgIpc) is 3.38. The van der Waals surface area contributed by atoms with Crippen molar-refractivity contribution in [2.75, 3.05) is 37.6 Å². The van der Waals surface area contributed by atoms with Crippen LogP contribution in [0.1, 0.15) is 11.8 Å². The predicted molar refractivity (Wildman–Crippen MR) is 111 cm³/mol. The molecule has 3 aromatic rings. The van der Waals surface area contributed by atoms with Crippen molar-refractivity contribution in [3.8, 4) is 22.2 Å². The summed E-state index contributed by atoms with van der Waals surface area (Å²) in [5, 5.41) is 6.97. The van der Waals surface area contributed by atoms with Gasteiger partial charge in [0.25, 0.3) is 5.89 Å². The first-order chi connectivity index (χ1) is 13.6. The molecule has 0 spiro atoms. The van der Waals surface area contributed by atoms with Gasteiger partial charge in [-0.05, 0) is 50.2 Å². The van der Waals surface area contributed by atoms with Crippen LogP contribution in [0.25, 0.3) is 22.2 Å². The molecule has 0 aliphatic carbocycles. The normalized spacial score (nSPS) is 14.4. The number of nitrogens with one attached hydrogen (secondary N) is 1. The van der Waals surface area contributed by atoms with Crippen molar-refractivity contribution in [1.82, 2.24) is 20.4 Å². The van der Waals surface area contributed by atoms with Crippen molar-refractivity contribution in [2.24, 2.45) is 0 Å². The highest BCUT2D eigenvalue weighted by Gasteiger charge is 2.21. The molecule has 1 saturated heterocycles. The molecule has 0 saturated carbocycles. The van der Waals surface area contributed by atoms with E-state index in [0.717, 1.165) is 42.3 Å². The lowest BCUT2D eigenvalue weighted by Crippen LogP contribution is -2.51. The monoisotopic (exact) mass is 397 g/mol. The molecular weight excluding hydrogens is 374 g/mol. The number of amides is 2. The van der Waals surface area contributed by atoms with E-state index in [1.54, 1.807) is 11.3 Å². The van der Waals surface area contributed by atoms with E-state index < -0.39 is 0 Å². The van der Waals surface area contributed by atoms with E-state index in [1.165, 1.54) is 4.88 Å². The van der Waals surface area contributed by atoms with Crippen LogP contribution in [0.5, 0.6) is 0 Å². The Balaban J connectivity index is 1.41. The second-order valence-corrected chi connectivity index (χ2v) is 7.98. The van der Waals surface area contributed by atoms with E-state index >= 15 is 0 Å². The van der Waals surface area contributed by atoms with Crippen molar-refractivity contribution in [3.05, 3.63) is 41.3 Å². The molecule has 0 unspecified atom stereocenters. The number of piperazine rings is 1. The molecule has 2 amide bonds. The molecule has 0 radical (unpaired) electrons. The molecule has 3 heterocycles. The summed E-state index contributed by atoms with van der Waals surface area (Å²) < 4.78 is 5.41. The minimum atomic E-state index is 0.0198. The lowest BCUT2D eigenvalue weighted by atomic mass is 10.1. The largest absolute Gasteiger partial charge is 0.368 e. The van der Waals surface area contributed by atoms with Crippen molar-refractivity contribution in [3.63, 3.8) is 0 Å². The molecule has 1 N–H and O–H groups in total. The molecule has 28 heavy (non-hydrogen) atoms. The number of hydrogen-bond donors (Lipinski definition) is 1. The number of carbonyl (C=O) groups excluding carboxylic acids is 1. The van der Waals surface area contributed by atoms with Crippen LogP contribution in [0.3, 0.4) is 0 Å². The Labute approximate surface area is 168 Å². The highest BCUT2D eigenvalue weighted by atomic mass is 32.1. The standard InChI is InChI=1S/C20H23N5O2S/c1-3-21-20(26)25-12-10-24(11-13-25)16-7-5-15(6-8-16)18-22-19(27-23-18)17-9-4-14(2)28-17/h4-9H,3,10-13H2,1-2H3,(H,21,26). The van der Waals surface area contributed by atoms with E-state index in [9.17, 15) is 4.79 Å². The fourth-order valence-electron chi connectivity index (χ4n) is 3.24. The van der Waals surface area contributed by atoms with Gasteiger partial charge in [0.05, 0.1) is 4.88 Å². The van der Waals surface area contributed by atoms with E-state index in [0.29, 0.717) is 18.3 Å². The average molecular weight is 398 g/mol. The Morgan fingerprint density at radius 2 is 1.89 bits per heavy atom. The van der Waals surface area contributed by atoms with Crippen LogP contribution >= 0.6 is 11.3 Å². The molecule has 1 fully saturated rings. The number of aromatic nitrogens is 2. The summed E-state index contributed by atoms with van der Waals surface area (Å²) in [5.74, 6) is 1.15. The summed E-state index contributed by atoms with van der Waals surface area (Å²) in [6.45, 7) is 7.74. The molecule has 1 aliphatic rings. The molecule has 2 aromatic heterocycles. The Hall–Kier alpha value is -2.87. The third kappa shape index (κ3) is 3.87. The van der Waals surface area contributed by atoms with E-state index in [4.69, 9.17) is 4.52 Å². The first-order valence-corrected chi connectivity index (χ1v) is 10.2. The quantitative estimate of drug-likeness (QED) is 0.728. The zero-order chi connectivity index (χ0) is 19.5. The summed E-state index contributed by atoms with van der Waals surface area (Å²) in [6, 6.07) is 12.2.